The summed E-state index contributed by atoms with van der Waals surface area (Å²) >= 11 is 0. The molecule has 28 heavy (non-hydrogen) atoms. The van der Waals surface area contributed by atoms with Gasteiger partial charge in [0.25, 0.3) is 0 Å². The van der Waals surface area contributed by atoms with Crippen molar-refractivity contribution in [1.82, 2.24) is 0 Å². The van der Waals surface area contributed by atoms with Crippen molar-refractivity contribution < 1.29 is 14.6 Å². The second kappa shape index (κ2) is 10.00. The minimum Gasteiger partial charge on any atom is -0.388 e. The van der Waals surface area contributed by atoms with Crippen LogP contribution in [0.3, 0.4) is 0 Å². The van der Waals surface area contributed by atoms with Crippen molar-refractivity contribution in [2.75, 3.05) is 19.8 Å². The van der Waals surface area contributed by atoms with Gasteiger partial charge in [-0.2, -0.15) is 0 Å². The van der Waals surface area contributed by atoms with Crippen LogP contribution in [0.4, 0.5) is 0 Å². The Labute approximate surface area is 166 Å². The summed E-state index contributed by atoms with van der Waals surface area (Å²) in [4.78, 5) is 0. The molecule has 1 N–H and O–H groups in total. The smallest absolute Gasteiger partial charge is 0.143 e. The van der Waals surface area contributed by atoms with E-state index in [1.165, 1.54) is 0 Å². The highest BCUT2D eigenvalue weighted by molar-refractivity contribution is 5.47. The normalized spacial score (nSPS) is 12.5. The second-order valence-corrected chi connectivity index (χ2v) is 6.57. The summed E-state index contributed by atoms with van der Waals surface area (Å²) in [5, 5.41) is 10.4. The zero-order chi connectivity index (χ0) is 19.7. The summed E-state index contributed by atoms with van der Waals surface area (Å²) in [5.41, 5.74) is 2.19. The van der Waals surface area contributed by atoms with Crippen LogP contribution in [-0.2, 0) is 15.1 Å². The van der Waals surface area contributed by atoms with Gasteiger partial charge in [-0.15, -0.1) is 6.58 Å². The van der Waals surface area contributed by atoms with Gasteiger partial charge in [-0.1, -0.05) is 97.1 Å². The lowest BCUT2D eigenvalue weighted by molar-refractivity contribution is -0.0612. The molecule has 144 valence electrons. The fraction of sp³-hybridized carbons (Fsp3) is 0.200. The van der Waals surface area contributed by atoms with Gasteiger partial charge in [0.15, 0.2) is 0 Å². The average Bonchev–Trinajstić information content (AvgIpc) is 2.77. The van der Waals surface area contributed by atoms with E-state index in [4.69, 9.17) is 9.47 Å². The molecule has 1 unspecified atom stereocenters. The van der Waals surface area contributed by atoms with E-state index in [0.717, 1.165) is 16.7 Å². The fourth-order valence-corrected chi connectivity index (χ4v) is 3.33. The molecule has 0 fully saturated rings. The Bertz CT molecular complexity index is 735. The Balaban J connectivity index is 2.03. The van der Waals surface area contributed by atoms with Crippen LogP contribution in [0.5, 0.6) is 0 Å². The predicted octanol–water partition coefficient (Wildman–Crippen LogP) is 4.56. The summed E-state index contributed by atoms with van der Waals surface area (Å²) in [7, 11) is 0. The van der Waals surface area contributed by atoms with E-state index < -0.39 is 11.7 Å². The molecule has 3 aromatic carbocycles. The quantitative estimate of drug-likeness (QED) is 0.321. The minimum absolute atomic E-state index is 0.135. The molecule has 3 aromatic rings. The number of rotatable bonds is 10. The van der Waals surface area contributed by atoms with Crippen molar-refractivity contribution in [3.63, 3.8) is 0 Å². The number of hydrogen-bond donors (Lipinski definition) is 1. The Morgan fingerprint density at radius 2 is 1.18 bits per heavy atom. The molecule has 0 amide bonds. The monoisotopic (exact) mass is 374 g/mol. The van der Waals surface area contributed by atoms with Crippen LogP contribution in [0.15, 0.2) is 104 Å². The van der Waals surface area contributed by atoms with Crippen molar-refractivity contribution in [3.05, 3.63) is 120 Å². The first-order valence-electron chi connectivity index (χ1n) is 9.44. The van der Waals surface area contributed by atoms with Crippen LogP contribution in [0.1, 0.15) is 16.7 Å². The van der Waals surface area contributed by atoms with Gasteiger partial charge in [-0.05, 0) is 16.7 Å². The fourth-order valence-electron chi connectivity index (χ4n) is 3.33. The zero-order valence-electron chi connectivity index (χ0n) is 15.9. The second-order valence-electron chi connectivity index (χ2n) is 6.57. The number of hydrogen-bond acceptors (Lipinski definition) is 3. The summed E-state index contributed by atoms with van der Waals surface area (Å²) in [6.45, 7) is 4.35. The maximum atomic E-state index is 10.4. The lowest BCUT2D eigenvalue weighted by atomic mass is 9.80. The molecular weight excluding hydrogens is 348 g/mol. The van der Waals surface area contributed by atoms with Gasteiger partial charge < -0.3 is 14.6 Å². The molecule has 1 atom stereocenters. The van der Waals surface area contributed by atoms with Gasteiger partial charge in [0, 0.05) is 0 Å². The summed E-state index contributed by atoms with van der Waals surface area (Å²) in [5.74, 6) is 0. The van der Waals surface area contributed by atoms with Gasteiger partial charge in [0.05, 0.1) is 19.8 Å². The molecule has 0 heterocycles. The number of aliphatic hydroxyl groups is 1. The summed E-state index contributed by atoms with van der Waals surface area (Å²) in [6.07, 6.45) is 0.922. The van der Waals surface area contributed by atoms with Crippen LogP contribution in [-0.4, -0.2) is 31.0 Å². The Hall–Kier alpha value is -2.72. The molecule has 3 rings (SSSR count). The molecule has 0 radical (unpaired) electrons. The number of ether oxygens (including phenoxy) is 2. The molecule has 0 aliphatic carbocycles. The molecule has 0 spiro atoms. The summed E-state index contributed by atoms with van der Waals surface area (Å²) < 4.78 is 11.9. The van der Waals surface area contributed by atoms with Crippen LogP contribution in [0, 0.1) is 0 Å². The van der Waals surface area contributed by atoms with E-state index in [1.807, 2.05) is 54.6 Å². The Morgan fingerprint density at radius 1 is 0.750 bits per heavy atom. The third kappa shape index (κ3) is 4.57. The summed E-state index contributed by atoms with van der Waals surface area (Å²) in [6, 6.07) is 30.3. The van der Waals surface area contributed by atoms with E-state index in [0.29, 0.717) is 6.61 Å². The maximum absolute atomic E-state index is 10.4. The van der Waals surface area contributed by atoms with Gasteiger partial charge in [-0.3, -0.25) is 0 Å². The topological polar surface area (TPSA) is 38.7 Å². The average molecular weight is 374 g/mol. The van der Waals surface area contributed by atoms with Gasteiger partial charge in [0.2, 0.25) is 0 Å². The standard InChI is InChI=1S/C25H26O3/c1-2-18-27-19-24(26)20-28-25(21-12-6-3-7-13-21,22-14-8-4-9-15-22)23-16-10-5-11-17-23/h2-17,24,26H,1,18-20H2. The van der Waals surface area contributed by atoms with Crippen LogP contribution < -0.4 is 0 Å². The molecule has 0 aliphatic heterocycles. The Morgan fingerprint density at radius 3 is 1.57 bits per heavy atom. The maximum Gasteiger partial charge on any atom is 0.143 e. The van der Waals surface area contributed by atoms with E-state index in [1.54, 1.807) is 6.08 Å². The van der Waals surface area contributed by atoms with Crippen molar-refractivity contribution in [3.8, 4) is 0 Å². The van der Waals surface area contributed by atoms with Crippen molar-refractivity contribution >= 4 is 0 Å². The van der Waals surface area contributed by atoms with Crippen molar-refractivity contribution in [2.45, 2.75) is 11.7 Å². The van der Waals surface area contributed by atoms with E-state index in [-0.39, 0.29) is 13.2 Å². The van der Waals surface area contributed by atoms with Gasteiger partial charge in [-0.25, -0.2) is 0 Å². The predicted molar refractivity (Wildman–Crippen MR) is 112 cm³/mol. The van der Waals surface area contributed by atoms with Crippen molar-refractivity contribution in [2.24, 2.45) is 0 Å². The molecule has 0 saturated heterocycles. The van der Waals surface area contributed by atoms with E-state index >= 15 is 0 Å². The van der Waals surface area contributed by atoms with Crippen molar-refractivity contribution in [1.29, 1.82) is 0 Å². The van der Waals surface area contributed by atoms with Crippen LogP contribution in [0.25, 0.3) is 0 Å². The van der Waals surface area contributed by atoms with E-state index in [2.05, 4.69) is 43.0 Å². The first kappa shape index (κ1) is 20.0. The zero-order valence-corrected chi connectivity index (χ0v) is 15.9. The largest absolute Gasteiger partial charge is 0.388 e. The van der Waals surface area contributed by atoms with E-state index in [9.17, 15) is 5.11 Å². The molecule has 0 saturated carbocycles. The SMILES string of the molecule is C=CCOCC(O)COC(c1ccccc1)(c1ccccc1)c1ccccc1. The molecule has 3 heteroatoms. The molecule has 0 aliphatic rings. The molecular formula is C25H26O3. The number of benzene rings is 3. The lowest BCUT2D eigenvalue weighted by Crippen LogP contribution is -2.36. The first-order chi connectivity index (χ1) is 13.8. The van der Waals surface area contributed by atoms with Gasteiger partial charge in [0.1, 0.15) is 11.7 Å². The van der Waals surface area contributed by atoms with Crippen LogP contribution in [0.2, 0.25) is 0 Å². The highest BCUT2D eigenvalue weighted by Crippen LogP contribution is 2.40. The molecule has 3 nitrogen and oxygen atoms in total. The Kier molecular flexibility index (Phi) is 7.15. The van der Waals surface area contributed by atoms with Crippen LogP contribution >= 0.6 is 0 Å². The highest BCUT2D eigenvalue weighted by atomic mass is 16.5. The third-order valence-electron chi connectivity index (χ3n) is 4.58. The minimum atomic E-state index is -0.830. The first-order valence-corrected chi connectivity index (χ1v) is 9.44. The van der Waals surface area contributed by atoms with Gasteiger partial charge >= 0.3 is 0 Å². The third-order valence-corrected chi connectivity index (χ3v) is 4.58. The highest BCUT2D eigenvalue weighted by Gasteiger charge is 2.37. The molecule has 0 aromatic heterocycles. The molecule has 0 bridgehead atoms. The number of aliphatic hydroxyl groups excluding tert-OH is 1. The lowest BCUT2D eigenvalue weighted by Gasteiger charge is -2.36.